The van der Waals surface area contributed by atoms with E-state index in [4.69, 9.17) is 8.83 Å². The van der Waals surface area contributed by atoms with Crippen LogP contribution < -0.4 is 10.9 Å². The van der Waals surface area contributed by atoms with Crippen LogP contribution in [-0.2, 0) is 45.8 Å². The maximum absolute atomic E-state index is 11.7. The van der Waals surface area contributed by atoms with Crippen molar-refractivity contribution in [2.24, 2.45) is 0 Å². The molecule has 0 aliphatic rings. The molecule has 7 heteroatoms. The van der Waals surface area contributed by atoms with E-state index < -0.39 is 0 Å². The monoisotopic (exact) mass is 489 g/mol. The molecular formula is C23H32N2O4Y-2. The summed E-state index contributed by atoms with van der Waals surface area (Å²) in [5, 5.41) is 0. The van der Waals surface area contributed by atoms with Crippen molar-refractivity contribution in [3.8, 4) is 0 Å². The Hall–Kier alpha value is -1.08. The molecule has 6 nitrogen and oxygen atoms in total. The minimum atomic E-state index is 0. The Morgan fingerprint density at radius 3 is 1.53 bits per heavy atom. The molecule has 0 saturated carbocycles. The van der Waals surface area contributed by atoms with Crippen molar-refractivity contribution in [1.82, 2.24) is 9.80 Å². The predicted octanol–water partition coefficient (Wildman–Crippen LogP) is 3.35. The molecule has 0 atom stereocenters. The van der Waals surface area contributed by atoms with Crippen LogP contribution in [0.3, 0.4) is 0 Å². The van der Waals surface area contributed by atoms with Crippen molar-refractivity contribution in [2.75, 3.05) is 26.2 Å². The van der Waals surface area contributed by atoms with E-state index in [-0.39, 0.29) is 43.6 Å². The van der Waals surface area contributed by atoms with Gasteiger partial charge in [0.1, 0.15) is 11.5 Å². The number of unbranched alkanes of at least 4 members (excludes halogenated alkanes) is 2. The zero-order chi connectivity index (χ0) is 21.2. The van der Waals surface area contributed by atoms with Crippen LogP contribution in [0.4, 0.5) is 0 Å². The van der Waals surface area contributed by atoms with Crippen LogP contribution in [0.25, 0.3) is 0 Å². The van der Waals surface area contributed by atoms with Crippen molar-refractivity contribution in [3.63, 3.8) is 0 Å². The van der Waals surface area contributed by atoms with Gasteiger partial charge in [-0.2, -0.15) is 0 Å². The number of nitrogens with zero attached hydrogens (tertiary/aromatic N) is 2. The molecule has 0 spiro atoms. The minimum Gasteiger partial charge on any atom is -0.467 e. The SMILES string of the molecule is [CH2-]CN(CCCCCN(C[CH2-])Cc1occc(=O)c1C)Cc1occc(=O)c1C.[Y]. The third-order valence-corrected chi connectivity index (χ3v) is 5.25. The van der Waals surface area contributed by atoms with E-state index in [2.05, 4.69) is 23.6 Å². The van der Waals surface area contributed by atoms with E-state index >= 15 is 0 Å². The molecule has 0 saturated heterocycles. The summed E-state index contributed by atoms with van der Waals surface area (Å²) in [7, 11) is 0. The smallest absolute Gasteiger partial charge is 0.188 e. The Kier molecular flexibility index (Phi) is 12.6. The zero-order valence-corrected chi connectivity index (χ0v) is 21.0. The molecular weight excluding hydrogens is 457 g/mol. The molecule has 2 aromatic heterocycles. The van der Waals surface area contributed by atoms with Crippen LogP contribution in [-0.4, -0.2) is 36.0 Å². The van der Waals surface area contributed by atoms with Crippen molar-refractivity contribution in [3.05, 3.63) is 81.6 Å². The molecule has 0 fully saturated rings. The fourth-order valence-corrected chi connectivity index (χ4v) is 3.16. The zero-order valence-electron chi connectivity index (χ0n) is 18.2. The van der Waals surface area contributed by atoms with Gasteiger partial charge in [-0.3, -0.25) is 9.59 Å². The first-order valence-electron chi connectivity index (χ1n) is 10.1. The summed E-state index contributed by atoms with van der Waals surface area (Å²) in [6.07, 6.45) is 6.06. The Morgan fingerprint density at radius 2 is 1.17 bits per heavy atom. The van der Waals surface area contributed by atoms with Gasteiger partial charge in [0.05, 0.1) is 25.6 Å². The van der Waals surface area contributed by atoms with Crippen molar-refractivity contribution in [2.45, 2.75) is 46.2 Å². The third kappa shape index (κ3) is 8.22. The molecule has 2 heterocycles. The van der Waals surface area contributed by atoms with Gasteiger partial charge in [0.15, 0.2) is 10.9 Å². The fourth-order valence-electron chi connectivity index (χ4n) is 3.16. The van der Waals surface area contributed by atoms with Gasteiger partial charge in [0.25, 0.3) is 0 Å². The molecule has 0 bridgehead atoms. The van der Waals surface area contributed by atoms with Gasteiger partial charge >= 0.3 is 0 Å². The van der Waals surface area contributed by atoms with Crippen LogP contribution >= 0.6 is 0 Å². The Bertz CT molecular complexity index is 806. The third-order valence-electron chi connectivity index (χ3n) is 5.25. The predicted molar refractivity (Wildman–Crippen MR) is 115 cm³/mol. The molecule has 30 heavy (non-hydrogen) atoms. The van der Waals surface area contributed by atoms with E-state index in [1.54, 1.807) is 13.8 Å². The van der Waals surface area contributed by atoms with E-state index in [1.807, 2.05) is 0 Å². The Labute approximate surface area is 204 Å². The number of rotatable bonds is 12. The largest absolute Gasteiger partial charge is 0.467 e. The molecule has 0 amide bonds. The number of hydrogen-bond donors (Lipinski definition) is 0. The van der Waals surface area contributed by atoms with Crippen LogP contribution in [0.2, 0.25) is 0 Å². The maximum Gasteiger partial charge on any atom is 0.188 e. The molecule has 1 radical (unpaired) electrons. The topological polar surface area (TPSA) is 66.9 Å². The second kappa shape index (κ2) is 14.1. The first-order valence-corrected chi connectivity index (χ1v) is 10.1. The van der Waals surface area contributed by atoms with Gasteiger partial charge in [0.2, 0.25) is 0 Å². The van der Waals surface area contributed by atoms with Crippen molar-refractivity contribution < 1.29 is 41.5 Å². The van der Waals surface area contributed by atoms with E-state index in [0.29, 0.717) is 48.8 Å². The van der Waals surface area contributed by atoms with Gasteiger partial charge in [-0.25, -0.2) is 0 Å². The number of hydrogen-bond acceptors (Lipinski definition) is 6. The first-order chi connectivity index (χ1) is 14.0. The molecule has 0 aliphatic heterocycles. The standard InChI is InChI=1S/C23H32N2O4.Y/c1-5-24(16-22-18(3)20(26)10-14-28-22)12-8-7-9-13-25(6-2)17-23-19(4)21(27)11-15-29-23;/h10-11,14-15H,1-2,5-9,12-13,16-17H2,3-4H3;/q-2;. The van der Waals surface area contributed by atoms with E-state index in [9.17, 15) is 9.59 Å². The average Bonchev–Trinajstić information content (AvgIpc) is 2.72. The summed E-state index contributed by atoms with van der Waals surface area (Å²) in [5.74, 6) is 1.42. The Morgan fingerprint density at radius 1 is 0.767 bits per heavy atom. The molecule has 2 aromatic rings. The molecule has 163 valence electrons. The van der Waals surface area contributed by atoms with E-state index in [0.717, 1.165) is 32.4 Å². The average molecular weight is 489 g/mol. The fraction of sp³-hybridized carbons (Fsp3) is 0.478. The van der Waals surface area contributed by atoms with Crippen molar-refractivity contribution >= 4 is 0 Å². The van der Waals surface area contributed by atoms with Gasteiger partial charge in [-0.05, 0) is 39.8 Å². The molecule has 0 unspecified atom stereocenters. The second-order valence-corrected chi connectivity index (χ2v) is 7.28. The summed E-state index contributed by atoms with van der Waals surface area (Å²) >= 11 is 0. The summed E-state index contributed by atoms with van der Waals surface area (Å²) in [5.41, 5.74) is 1.35. The van der Waals surface area contributed by atoms with Gasteiger partial charge in [-0.1, -0.05) is 6.42 Å². The van der Waals surface area contributed by atoms with Crippen LogP contribution in [0.15, 0.2) is 43.1 Å². The summed E-state index contributed by atoms with van der Waals surface area (Å²) < 4.78 is 11.0. The Balaban J connectivity index is 0.00000450. The summed E-state index contributed by atoms with van der Waals surface area (Å²) in [4.78, 5) is 27.9. The summed E-state index contributed by atoms with van der Waals surface area (Å²) in [6, 6.07) is 2.90. The van der Waals surface area contributed by atoms with Crippen LogP contribution in [0, 0.1) is 27.7 Å². The van der Waals surface area contributed by atoms with Gasteiger partial charge in [0, 0.05) is 56.0 Å². The van der Waals surface area contributed by atoms with Crippen molar-refractivity contribution in [1.29, 1.82) is 0 Å². The van der Waals surface area contributed by atoms with E-state index in [1.165, 1.54) is 24.7 Å². The normalized spacial score (nSPS) is 11.1. The molecule has 2 rings (SSSR count). The van der Waals surface area contributed by atoms with Gasteiger partial charge in [-0.15, -0.1) is 13.1 Å². The molecule has 0 N–H and O–H groups in total. The second-order valence-electron chi connectivity index (χ2n) is 7.28. The maximum atomic E-state index is 11.7. The molecule has 0 aromatic carbocycles. The minimum absolute atomic E-state index is 0. The molecule has 0 aliphatic carbocycles. The summed E-state index contributed by atoms with van der Waals surface area (Å²) in [6.45, 7) is 15.9. The first kappa shape index (κ1) is 27.0. The van der Waals surface area contributed by atoms with Gasteiger partial charge < -0.3 is 32.5 Å². The van der Waals surface area contributed by atoms with Crippen LogP contribution in [0.1, 0.15) is 41.9 Å². The quantitative estimate of drug-likeness (QED) is 0.337. The van der Waals surface area contributed by atoms with Crippen LogP contribution in [0.5, 0.6) is 0 Å².